The van der Waals surface area contributed by atoms with Gasteiger partial charge in [0.2, 0.25) is 11.8 Å². The van der Waals surface area contributed by atoms with Crippen LogP contribution in [-0.2, 0) is 9.59 Å². The van der Waals surface area contributed by atoms with Crippen LogP contribution in [0.1, 0.15) is 46.5 Å². The maximum Gasteiger partial charge on any atom is 0.245 e. The Hall–Kier alpha value is -1.06. The molecule has 0 unspecified atom stereocenters. The largest absolute Gasteiger partial charge is 0.352 e. The van der Waals surface area contributed by atoms with E-state index in [1.54, 1.807) is 4.90 Å². The minimum atomic E-state index is -0.696. The molecule has 0 aromatic heterocycles. The number of hydrogen-bond donors (Lipinski definition) is 1. The van der Waals surface area contributed by atoms with E-state index in [1.807, 2.05) is 13.8 Å². The van der Waals surface area contributed by atoms with Crippen LogP contribution in [0.25, 0.3) is 0 Å². The molecule has 102 valence electrons. The third-order valence-corrected chi connectivity index (χ3v) is 4.48. The lowest BCUT2D eigenvalue weighted by atomic mass is 9.81. The molecular formula is C14H24N2O2. The van der Waals surface area contributed by atoms with Crippen molar-refractivity contribution in [3.63, 3.8) is 0 Å². The molecule has 0 bridgehead atoms. The van der Waals surface area contributed by atoms with Crippen LogP contribution in [0.5, 0.6) is 0 Å². The smallest absolute Gasteiger partial charge is 0.245 e. The van der Waals surface area contributed by atoms with Gasteiger partial charge in [0, 0.05) is 19.0 Å². The monoisotopic (exact) mass is 252 g/mol. The second-order valence-corrected chi connectivity index (χ2v) is 6.26. The fourth-order valence-electron chi connectivity index (χ4n) is 3.01. The summed E-state index contributed by atoms with van der Waals surface area (Å²) in [7, 11) is 0. The van der Waals surface area contributed by atoms with Crippen molar-refractivity contribution in [2.24, 2.45) is 11.8 Å². The first-order valence-corrected chi connectivity index (χ1v) is 7.02. The first-order valence-electron chi connectivity index (χ1n) is 7.02. The third-order valence-electron chi connectivity index (χ3n) is 4.48. The Labute approximate surface area is 109 Å². The minimum absolute atomic E-state index is 0.0359. The molecule has 2 fully saturated rings. The number of hydrogen-bond acceptors (Lipinski definition) is 2. The molecule has 1 aliphatic carbocycles. The molecule has 0 radical (unpaired) electrons. The van der Waals surface area contributed by atoms with Gasteiger partial charge in [-0.15, -0.1) is 0 Å². The summed E-state index contributed by atoms with van der Waals surface area (Å²) in [6.45, 7) is 7.15. The zero-order chi connectivity index (χ0) is 13.3. The normalized spacial score (nSPS) is 31.9. The molecule has 2 rings (SSSR count). The van der Waals surface area contributed by atoms with E-state index >= 15 is 0 Å². The minimum Gasteiger partial charge on any atom is -0.352 e. The number of rotatable bonds is 1. The zero-order valence-corrected chi connectivity index (χ0v) is 11.7. The average Bonchev–Trinajstić information content (AvgIpc) is 2.33. The van der Waals surface area contributed by atoms with Gasteiger partial charge in [-0.1, -0.05) is 6.92 Å². The van der Waals surface area contributed by atoms with Gasteiger partial charge in [0.1, 0.15) is 5.54 Å². The summed E-state index contributed by atoms with van der Waals surface area (Å²) >= 11 is 0. The summed E-state index contributed by atoms with van der Waals surface area (Å²) in [4.78, 5) is 26.2. The van der Waals surface area contributed by atoms with Crippen LogP contribution in [0.3, 0.4) is 0 Å². The van der Waals surface area contributed by atoms with E-state index in [-0.39, 0.29) is 17.7 Å². The van der Waals surface area contributed by atoms with Gasteiger partial charge in [-0.25, -0.2) is 0 Å². The zero-order valence-electron chi connectivity index (χ0n) is 11.7. The number of amides is 2. The Morgan fingerprint density at radius 2 is 1.89 bits per heavy atom. The van der Waals surface area contributed by atoms with Gasteiger partial charge in [-0.2, -0.15) is 0 Å². The van der Waals surface area contributed by atoms with E-state index in [0.717, 1.165) is 31.6 Å². The summed E-state index contributed by atoms with van der Waals surface area (Å²) in [5.41, 5.74) is -0.696. The lowest BCUT2D eigenvalue weighted by molar-refractivity contribution is -0.152. The van der Waals surface area contributed by atoms with Gasteiger partial charge in [0.15, 0.2) is 0 Å². The summed E-state index contributed by atoms with van der Waals surface area (Å²) < 4.78 is 0. The van der Waals surface area contributed by atoms with Crippen molar-refractivity contribution in [3.05, 3.63) is 0 Å². The predicted molar refractivity (Wildman–Crippen MR) is 69.9 cm³/mol. The fourth-order valence-corrected chi connectivity index (χ4v) is 3.01. The fraction of sp³-hybridized carbons (Fsp3) is 0.857. The molecule has 4 heteroatoms. The summed E-state index contributed by atoms with van der Waals surface area (Å²) in [5, 5.41) is 2.83. The molecular weight excluding hydrogens is 228 g/mol. The highest BCUT2D eigenvalue weighted by atomic mass is 16.2. The van der Waals surface area contributed by atoms with E-state index in [9.17, 15) is 9.59 Å². The highest BCUT2D eigenvalue weighted by Crippen LogP contribution is 2.31. The highest BCUT2D eigenvalue weighted by Gasteiger charge is 2.42. The first-order chi connectivity index (χ1) is 8.43. The number of piperazine rings is 1. The quantitative estimate of drug-likeness (QED) is 0.769. The van der Waals surface area contributed by atoms with Gasteiger partial charge < -0.3 is 10.2 Å². The Morgan fingerprint density at radius 1 is 1.28 bits per heavy atom. The molecule has 0 atom stereocenters. The molecule has 2 aliphatic rings. The van der Waals surface area contributed by atoms with Crippen LogP contribution in [0.15, 0.2) is 0 Å². The molecule has 1 saturated carbocycles. The molecule has 0 spiro atoms. The number of carbonyl (C=O) groups excluding carboxylic acids is 2. The van der Waals surface area contributed by atoms with Gasteiger partial charge in [-0.3, -0.25) is 9.59 Å². The summed E-state index contributed by atoms with van der Waals surface area (Å²) in [6.07, 6.45) is 4.23. The number of carbonyl (C=O) groups is 2. The number of nitrogens with one attached hydrogen (secondary N) is 1. The lowest BCUT2D eigenvalue weighted by Gasteiger charge is -2.43. The Balaban J connectivity index is 2.06. The molecule has 4 nitrogen and oxygen atoms in total. The standard InChI is InChI=1S/C14H24N2O2/c1-10-4-6-11(7-5-10)12(17)16-9-8-15-13(18)14(16,2)3/h10-11H,4-9H2,1-3H3,(H,15,18). The maximum absolute atomic E-state index is 12.6. The van der Waals surface area contributed by atoms with Gasteiger partial charge >= 0.3 is 0 Å². The summed E-state index contributed by atoms with van der Waals surface area (Å²) in [5.74, 6) is 1.02. The molecule has 1 heterocycles. The highest BCUT2D eigenvalue weighted by molar-refractivity contribution is 5.92. The first kappa shape index (κ1) is 13.4. The van der Waals surface area contributed by atoms with E-state index in [1.165, 1.54) is 0 Å². The van der Waals surface area contributed by atoms with Crippen LogP contribution >= 0.6 is 0 Å². The SMILES string of the molecule is CC1CCC(C(=O)N2CCNC(=O)C2(C)C)CC1. The van der Waals surface area contributed by atoms with E-state index in [0.29, 0.717) is 13.1 Å². The van der Waals surface area contributed by atoms with Crippen molar-refractivity contribution in [2.75, 3.05) is 13.1 Å². The molecule has 1 N–H and O–H groups in total. The molecule has 0 aromatic carbocycles. The van der Waals surface area contributed by atoms with Crippen molar-refractivity contribution < 1.29 is 9.59 Å². The summed E-state index contributed by atoms with van der Waals surface area (Å²) in [6, 6.07) is 0. The predicted octanol–water partition coefficient (Wildman–Crippen LogP) is 1.55. The molecule has 1 saturated heterocycles. The molecule has 1 aliphatic heterocycles. The van der Waals surface area contributed by atoms with Gasteiger partial charge in [-0.05, 0) is 45.4 Å². The second kappa shape index (κ2) is 4.90. The molecule has 2 amide bonds. The number of nitrogens with zero attached hydrogens (tertiary/aromatic N) is 1. The molecule has 18 heavy (non-hydrogen) atoms. The maximum atomic E-state index is 12.6. The molecule has 0 aromatic rings. The van der Waals surface area contributed by atoms with Crippen molar-refractivity contribution in [1.29, 1.82) is 0 Å². The third kappa shape index (κ3) is 2.38. The lowest BCUT2D eigenvalue weighted by Crippen LogP contribution is -2.64. The topological polar surface area (TPSA) is 49.4 Å². The van der Waals surface area contributed by atoms with E-state index in [2.05, 4.69) is 12.2 Å². The van der Waals surface area contributed by atoms with Gasteiger partial charge in [0.25, 0.3) is 0 Å². The Morgan fingerprint density at radius 3 is 2.50 bits per heavy atom. The van der Waals surface area contributed by atoms with Gasteiger partial charge in [0.05, 0.1) is 0 Å². The Kier molecular flexibility index (Phi) is 3.64. The van der Waals surface area contributed by atoms with Crippen LogP contribution in [-0.4, -0.2) is 35.3 Å². The van der Waals surface area contributed by atoms with Crippen molar-refractivity contribution in [1.82, 2.24) is 10.2 Å². The second-order valence-electron chi connectivity index (χ2n) is 6.26. The van der Waals surface area contributed by atoms with E-state index < -0.39 is 5.54 Å². The average molecular weight is 252 g/mol. The van der Waals surface area contributed by atoms with Crippen LogP contribution in [0, 0.1) is 11.8 Å². The van der Waals surface area contributed by atoms with Crippen molar-refractivity contribution in [3.8, 4) is 0 Å². The van der Waals surface area contributed by atoms with Crippen molar-refractivity contribution >= 4 is 11.8 Å². The van der Waals surface area contributed by atoms with Crippen LogP contribution in [0.2, 0.25) is 0 Å². The van der Waals surface area contributed by atoms with E-state index in [4.69, 9.17) is 0 Å². The van der Waals surface area contributed by atoms with Crippen LogP contribution < -0.4 is 5.32 Å². The Bertz CT molecular complexity index is 344. The van der Waals surface area contributed by atoms with Crippen LogP contribution in [0.4, 0.5) is 0 Å². The van der Waals surface area contributed by atoms with Crippen molar-refractivity contribution in [2.45, 2.75) is 52.0 Å².